The number of hydrogen-bond donors (Lipinski definition) is 0. The van der Waals surface area contributed by atoms with Gasteiger partial charge in [0.25, 0.3) is 0 Å². The van der Waals surface area contributed by atoms with Gasteiger partial charge >= 0.3 is 0 Å². The summed E-state index contributed by atoms with van der Waals surface area (Å²) in [6.07, 6.45) is 1.32. The first-order chi connectivity index (χ1) is 8.45. The predicted octanol–water partition coefficient (Wildman–Crippen LogP) is 3.84. The molecule has 0 radical (unpaired) electrons. The third kappa shape index (κ3) is 3.22. The molecular formula is C14H22BrN3. The van der Waals surface area contributed by atoms with Crippen LogP contribution in [-0.4, -0.2) is 23.1 Å². The van der Waals surface area contributed by atoms with Crippen LogP contribution in [-0.2, 0) is 0 Å². The fraction of sp³-hybridized carbons (Fsp3) is 0.714. The van der Waals surface area contributed by atoms with Gasteiger partial charge in [0, 0.05) is 25.1 Å². The molecule has 0 amide bonds. The van der Waals surface area contributed by atoms with Crippen molar-refractivity contribution in [2.75, 3.05) is 18.0 Å². The molecule has 4 heteroatoms. The monoisotopic (exact) mass is 311 g/mol. The Hall–Kier alpha value is -0.640. The maximum Gasteiger partial charge on any atom is 0.134 e. The Balaban J connectivity index is 2.26. The summed E-state index contributed by atoms with van der Waals surface area (Å²) >= 11 is 3.50. The standard InChI is InChI=1S/C14H22BrN3/c1-9(2)14-16-12(15)6-13(17-14)18-7-10(3)5-11(4)8-18/h6,9-11H,5,7-8H2,1-4H3. The van der Waals surface area contributed by atoms with Crippen LogP contribution in [0.2, 0.25) is 0 Å². The highest BCUT2D eigenvalue weighted by Crippen LogP contribution is 2.27. The van der Waals surface area contributed by atoms with E-state index in [0.717, 1.165) is 41.2 Å². The van der Waals surface area contributed by atoms with Crippen LogP contribution >= 0.6 is 15.9 Å². The minimum absolute atomic E-state index is 0.362. The summed E-state index contributed by atoms with van der Waals surface area (Å²) in [5, 5.41) is 0. The summed E-state index contributed by atoms with van der Waals surface area (Å²) in [5.74, 6) is 3.83. The van der Waals surface area contributed by atoms with E-state index in [2.05, 4.69) is 53.5 Å². The zero-order chi connectivity index (χ0) is 13.3. The van der Waals surface area contributed by atoms with Gasteiger partial charge < -0.3 is 4.90 Å². The molecule has 1 aliphatic heterocycles. The Labute approximate surface area is 118 Å². The molecule has 2 unspecified atom stereocenters. The van der Waals surface area contributed by atoms with E-state index < -0.39 is 0 Å². The van der Waals surface area contributed by atoms with Crippen molar-refractivity contribution in [1.29, 1.82) is 0 Å². The lowest BCUT2D eigenvalue weighted by Crippen LogP contribution is -2.39. The fourth-order valence-corrected chi connectivity index (χ4v) is 3.08. The molecule has 2 rings (SSSR count). The summed E-state index contributed by atoms with van der Waals surface area (Å²) in [6.45, 7) is 11.1. The molecule has 0 spiro atoms. The zero-order valence-corrected chi connectivity index (χ0v) is 13.2. The topological polar surface area (TPSA) is 29.0 Å². The molecule has 18 heavy (non-hydrogen) atoms. The fourth-order valence-electron chi connectivity index (χ4n) is 2.69. The molecule has 3 nitrogen and oxygen atoms in total. The summed E-state index contributed by atoms with van der Waals surface area (Å²) in [5.41, 5.74) is 0. The summed E-state index contributed by atoms with van der Waals surface area (Å²) in [4.78, 5) is 11.6. The third-order valence-electron chi connectivity index (χ3n) is 3.41. The summed E-state index contributed by atoms with van der Waals surface area (Å²) in [6, 6.07) is 2.04. The molecule has 2 atom stereocenters. The van der Waals surface area contributed by atoms with Crippen LogP contribution in [0.4, 0.5) is 5.82 Å². The van der Waals surface area contributed by atoms with Crippen molar-refractivity contribution in [3.63, 3.8) is 0 Å². The normalized spacial score (nSPS) is 24.7. The van der Waals surface area contributed by atoms with Gasteiger partial charge in [-0.2, -0.15) is 0 Å². The van der Waals surface area contributed by atoms with Gasteiger partial charge in [0.1, 0.15) is 16.2 Å². The molecule has 100 valence electrons. The second-order valence-corrected chi connectivity index (χ2v) is 6.73. The van der Waals surface area contributed by atoms with Crippen molar-refractivity contribution in [1.82, 2.24) is 9.97 Å². The molecule has 0 bridgehead atoms. The van der Waals surface area contributed by atoms with Crippen LogP contribution in [0.15, 0.2) is 10.7 Å². The van der Waals surface area contributed by atoms with E-state index in [4.69, 9.17) is 4.98 Å². The smallest absolute Gasteiger partial charge is 0.134 e. The van der Waals surface area contributed by atoms with Gasteiger partial charge in [-0.15, -0.1) is 0 Å². The third-order valence-corrected chi connectivity index (χ3v) is 3.81. The molecule has 1 aliphatic rings. The number of piperidine rings is 1. The summed E-state index contributed by atoms with van der Waals surface area (Å²) < 4.78 is 0.891. The van der Waals surface area contributed by atoms with Gasteiger partial charge in [0.05, 0.1) is 0 Å². The highest BCUT2D eigenvalue weighted by atomic mass is 79.9. The SMILES string of the molecule is CC1CC(C)CN(c2cc(Br)nc(C(C)C)n2)C1. The van der Waals surface area contributed by atoms with Crippen molar-refractivity contribution in [2.24, 2.45) is 11.8 Å². The first kappa shape index (κ1) is 13.8. The van der Waals surface area contributed by atoms with E-state index >= 15 is 0 Å². The lowest BCUT2D eigenvalue weighted by atomic mass is 9.92. The number of hydrogen-bond acceptors (Lipinski definition) is 3. The van der Waals surface area contributed by atoms with Gasteiger partial charge in [-0.1, -0.05) is 27.7 Å². The Morgan fingerprint density at radius 1 is 1.22 bits per heavy atom. The lowest BCUT2D eigenvalue weighted by Gasteiger charge is -2.36. The van der Waals surface area contributed by atoms with E-state index in [9.17, 15) is 0 Å². The quantitative estimate of drug-likeness (QED) is 0.777. The Bertz CT molecular complexity index is 410. The molecule has 1 aromatic rings. The Morgan fingerprint density at radius 3 is 2.39 bits per heavy atom. The first-order valence-electron chi connectivity index (χ1n) is 6.75. The lowest BCUT2D eigenvalue weighted by molar-refractivity contribution is 0.355. The largest absolute Gasteiger partial charge is 0.356 e. The molecule has 2 heterocycles. The van der Waals surface area contributed by atoms with Gasteiger partial charge in [0.2, 0.25) is 0 Å². The van der Waals surface area contributed by atoms with Crippen molar-refractivity contribution in [2.45, 2.75) is 40.0 Å². The van der Waals surface area contributed by atoms with Crippen LogP contribution < -0.4 is 4.90 Å². The van der Waals surface area contributed by atoms with Crippen LogP contribution in [0.25, 0.3) is 0 Å². The minimum Gasteiger partial charge on any atom is -0.356 e. The van der Waals surface area contributed by atoms with Gasteiger partial charge in [-0.05, 0) is 34.2 Å². The van der Waals surface area contributed by atoms with Gasteiger partial charge in [0.15, 0.2) is 0 Å². The number of nitrogens with zero attached hydrogens (tertiary/aromatic N) is 3. The van der Waals surface area contributed by atoms with E-state index in [1.807, 2.05) is 6.07 Å². The van der Waals surface area contributed by atoms with Crippen molar-refractivity contribution in [3.05, 3.63) is 16.5 Å². The highest BCUT2D eigenvalue weighted by Gasteiger charge is 2.23. The average Bonchev–Trinajstić information content (AvgIpc) is 2.26. The number of rotatable bonds is 2. The summed E-state index contributed by atoms with van der Waals surface area (Å²) in [7, 11) is 0. The number of aromatic nitrogens is 2. The van der Waals surface area contributed by atoms with Crippen LogP contribution in [0, 0.1) is 11.8 Å². The van der Waals surface area contributed by atoms with Gasteiger partial charge in [-0.3, -0.25) is 0 Å². The second-order valence-electron chi connectivity index (χ2n) is 5.91. The minimum atomic E-state index is 0.362. The number of anilines is 1. The maximum atomic E-state index is 4.71. The van der Waals surface area contributed by atoms with Crippen LogP contribution in [0.5, 0.6) is 0 Å². The molecular weight excluding hydrogens is 290 g/mol. The predicted molar refractivity (Wildman–Crippen MR) is 79.0 cm³/mol. The molecule has 0 N–H and O–H groups in total. The maximum absolute atomic E-state index is 4.71. The molecule has 1 saturated heterocycles. The number of halogens is 1. The molecule has 0 aromatic carbocycles. The molecule has 1 fully saturated rings. The van der Waals surface area contributed by atoms with E-state index in [1.165, 1.54) is 6.42 Å². The van der Waals surface area contributed by atoms with Gasteiger partial charge in [-0.25, -0.2) is 9.97 Å². The van der Waals surface area contributed by atoms with Crippen molar-refractivity contribution in [3.8, 4) is 0 Å². The van der Waals surface area contributed by atoms with E-state index in [0.29, 0.717) is 5.92 Å². The van der Waals surface area contributed by atoms with Crippen LogP contribution in [0.3, 0.4) is 0 Å². The van der Waals surface area contributed by atoms with Crippen LogP contribution in [0.1, 0.15) is 45.9 Å². The average molecular weight is 312 g/mol. The Kier molecular flexibility index (Phi) is 4.25. The first-order valence-corrected chi connectivity index (χ1v) is 7.54. The second kappa shape index (κ2) is 5.55. The van der Waals surface area contributed by atoms with Crippen molar-refractivity contribution < 1.29 is 0 Å². The zero-order valence-electron chi connectivity index (χ0n) is 11.7. The Morgan fingerprint density at radius 2 is 1.83 bits per heavy atom. The molecule has 0 aliphatic carbocycles. The van der Waals surface area contributed by atoms with E-state index in [-0.39, 0.29) is 0 Å². The molecule has 1 aromatic heterocycles. The molecule has 0 saturated carbocycles. The highest BCUT2D eigenvalue weighted by molar-refractivity contribution is 9.10. The van der Waals surface area contributed by atoms with E-state index in [1.54, 1.807) is 0 Å². The van der Waals surface area contributed by atoms with Crippen molar-refractivity contribution >= 4 is 21.7 Å².